The fourth-order valence-corrected chi connectivity index (χ4v) is 1.56. The van der Waals surface area contributed by atoms with Gasteiger partial charge in [0, 0.05) is 11.6 Å². The molecule has 0 unspecified atom stereocenters. The smallest absolute Gasteiger partial charge is 0.307 e. The first kappa shape index (κ1) is 16.3. The van der Waals surface area contributed by atoms with Crippen LogP contribution in [0.15, 0.2) is 24.3 Å². The second-order valence-electron chi connectivity index (χ2n) is 4.38. The average molecular weight is 300 g/mol. The van der Waals surface area contributed by atoms with E-state index in [0.29, 0.717) is 10.8 Å². The Morgan fingerprint density at radius 3 is 2.75 bits per heavy atom. The van der Waals surface area contributed by atoms with E-state index in [4.69, 9.17) is 21.1 Å². The Hall–Kier alpha value is -1.75. The van der Waals surface area contributed by atoms with E-state index in [1.54, 1.807) is 38.1 Å². The van der Waals surface area contributed by atoms with Gasteiger partial charge in [0.15, 0.2) is 6.61 Å². The first-order valence-electron chi connectivity index (χ1n) is 6.32. The third kappa shape index (κ3) is 6.99. The molecule has 0 heterocycles. The maximum absolute atomic E-state index is 11.5. The van der Waals surface area contributed by atoms with Crippen molar-refractivity contribution in [2.45, 2.75) is 26.4 Å². The minimum absolute atomic E-state index is 0.125. The number of halogens is 1. The summed E-state index contributed by atoms with van der Waals surface area (Å²) in [5.41, 5.74) is 0. The molecular formula is C14H18ClNO4. The van der Waals surface area contributed by atoms with Gasteiger partial charge in [0.05, 0.1) is 12.5 Å². The van der Waals surface area contributed by atoms with Crippen molar-refractivity contribution in [1.29, 1.82) is 0 Å². The van der Waals surface area contributed by atoms with Crippen molar-refractivity contribution in [3.05, 3.63) is 29.3 Å². The summed E-state index contributed by atoms with van der Waals surface area (Å²) in [5, 5.41) is 3.11. The summed E-state index contributed by atoms with van der Waals surface area (Å²) in [4.78, 5) is 22.7. The maximum atomic E-state index is 11.5. The molecule has 0 saturated carbocycles. The zero-order chi connectivity index (χ0) is 15.0. The number of nitrogens with one attached hydrogen (secondary N) is 1. The molecule has 110 valence electrons. The van der Waals surface area contributed by atoms with Crippen LogP contribution in [0, 0.1) is 0 Å². The fraction of sp³-hybridized carbons (Fsp3) is 0.429. The lowest BCUT2D eigenvalue weighted by molar-refractivity contribution is -0.147. The number of esters is 1. The number of benzene rings is 1. The van der Waals surface area contributed by atoms with Crippen LogP contribution >= 0.6 is 11.6 Å². The standard InChI is InChI=1S/C14H18ClNO4/c1-10(2)20-14(18)6-7-16-13(17)9-19-12-5-3-4-11(15)8-12/h3-5,8,10H,6-7,9H2,1-2H3,(H,16,17). The number of rotatable bonds is 7. The lowest BCUT2D eigenvalue weighted by Crippen LogP contribution is -2.31. The molecule has 1 N–H and O–H groups in total. The van der Waals surface area contributed by atoms with E-state index in [0.717, 1.165) is 0 Å². The lowest BCUT2D eigenvalue weighted by Gasteiger charge is -2.09. The molecule has 1 rings (SSSR count). The second kappa shape index (κ2) is 8.43. The Kier molecular flexibility index (Phi) is 6.87. The molecule has 1 aromatic carbocycles. The van der Waals surface area contributed by atoms with E-state index >= 15 is 0 Å². The molecule has 0 aromatic heterocycles. The molecule has 1 aromatic rings. The summed E-state index contributed by atoms with van der Waals surface area (Å²) >= 11 is 5.79. The van der Waals surface area contributed by atoms with Crippen LogP contribution in [0.2, 0.25) is 5.02 Å². The van der Waals surface area contributed by atoms with Crippen molar-refractivity contribution < 1.29 is 19.1 Å². The van der Waals surface area contributed by atoms with Crippen molar-refractivity contribution in [3.63, 3.8) is 0 Å². The zero-order valence-electron chi connectivity index (χ0n) is 11.5. The molecule has 0 spiro atoms. The first-order chi connectivity index (χ1) is 9.47. The summed E-state index contributed by atoms with van der Waals surface area (Å²) < 4.78 is 10.2. The number of carbonyl (C=O) groups is 2. The van der Waals surface area contributed by atoms with Crippen molar-refractivity contribution >= 4 is 23.5 Å². The third-order valence-electron chi connectivity index (χ3n) is 2.18. The highest BCUT2D eigenvalue weighted by Crippen LogP contribution is 2.16. The van der Waals surface area contributed by atoms with Gasteiger partial charge in [-0.05, 0) is 32.0 Å². The molecule has 0 fully saturated rings. The third-order valence-corrected chi connectivity index (χ3v) is 2.42. The van der Waals surface area contributed by atoms with Crippen molar-refractivity contribution in [2.24, 2.45) is 0 Å². The molecule has 0 aliphatic carbocycles. The molecule has 0 bridgehead atoms. The van der Waals surface area contributed by atoms with E-state index in [9.17, 15) is 9.59 Å². The van der Waals surface area contributed by atoms with Crippen LogP contribution in [-0.4, -0.2) is 31.1 Å². The number of hydrogen-bond acceptors (Lipinski definition) is 4. The van der Waals surface area contributed by atoms with E-state index in [1.165, 1.54) is 0 Å². The average Bonchev–Trinajstić information content (AvgIpc) is 2.35. The van der Waals surface area contributed by atoms with E-state index in [2.05, 4.69) is 5.32 Å². The Morgan fingerprint density at radius 2 is 2.10 bits per heavy atom. The monoisotopic (exact) mass is 299 g/mol. The Balaban J connectivity index is 2.19. The van der Waals surface area contributed by atoms with Gasteiger partial charge < -0.3 is 14.8 Å². The highest BCUT2D eigenvalue weighted by atomic mass is 35.5. The predicted octanol–water partition coefficient (Wildman–Crippen LogP) is 2.18. The minimum Gasteiger partial charge on any atom is -0.484 e. The molecule has 6 heteroatoms. The number of ether oxygens (including phenoxy) is 2. The van der Waals surface area contributed by atoms with Crippen LogP contribution in [0.25, 0.3) is 0 Å². The first-order valence-corrected chi connectivity index (χ1v) is 6.69. The topological polar surface area (TPSA) is 64.6 Å². The summed E-state index contributed by atoms with van der Waals surface area (Å²) in [6, 6.07) is 6.78. The van der Waals surface area contributed by atoms with Gasteiger partial charge in [0.2, 0.25) is 0 Å². The zero-order valence-corrected chi connectivity index (χ0v) is 12.3. The Labute approximate surface area is 123 Å². The molecule has 0 radical (unpaired) electrons. The van der Waals surface area contributed by atoms with Crippen LogP contribution < -0.4 is 10.1 Å². The van der Waals surface area contributed by atoms with Gasteiger partial charge >= 0.3 is 5.97 Å². The molecule has 0 saturated heterocycles. The summed E-state index contributed by atoms with van der Waals surface area (Å²) in [6.45, 7) is 3.65. The van der Waals surface area contributed by atoms with Gasteiger partial charge in [-0.2, -0.15) is 0 Å². The molecule has 20 heavy (non-hydrogen) atoms. The number of carbonyl (C=O) groups excluding carboxylic acids is 2. The van der Waals surface area contributed by atoms with Gasteiger partial charge in [0.1, 0.15) is 5.75 Å². The van der Waals surface area contributed by atoms with Crippen molar-refractivity contribution in [1.82, 2.24) is 5.32 Å². The normalized spacial score (nSPS) is 10.2. The second-order valence-corrected chi connectivity index (χ2v) is 4.82. The summed E-state index contributed by atoms with van der Waals surface area (Å²) in [6.07, 6.45) is -0.00877. The number of amides is 1. The molecule has 1 amide bonds. The molecular weight excluding hydrogens is 282 g/mol. The molecule has 0 atom stereocenters. The van der Waals surface area contributed by atoms with Gasteiger partial charge in [0.25, 0.3) is 5.91 Å². The number of hydrogen-bond donors (Lipinski definition) is 1. The summed E-state index contributed by atoms with van der Waals surface area (Å²) in [7, 11) is 0. The largest absolute Gasteiger partial charge is 0.484 e. The predicted molar refractivity (Wildman–Crippen MR) is 75.8 cm³/mol. The highest BCUT2D eigenvalue weighted by Gasteiger charge is 2.07. The maximum Gasteiger partial charge on any atom is 0.307 e. The van der Waals surface area contributed by atoms with Crippen LogP contribution in [0.4, 0.5) is 0 Å². The van der Waals surface area contributed by atoms with E-state index in [-0.39, 0.29) is 37.6 Å². The van der Waals surface area contributed by atoms with Crippen LogP contribution in [-0.2, 0) is 14.3 Å². The molecule has 0 aliphatic heterocycles. The quantitative estimate of drug-likeness (QED) is 0.784. The van der Waals surface area contributed by atoms with Crippen LogP contribution in [0.5, 0.6) is 5.75 Å². The Morgan fingerprint density at radius 1 is 1.35 bits per heavy atom. The van der Waals surface area contributed by atoms with Gasteiger partial charge in [-0.15, -0.1) is 0 Å². The fourth-order valence-electron chi connectivity index (χ4n) is 1.38. The SMILES string of the molecule is CC(C)OC(=O)CCNC(=O)COc1cccc(Cl)c1. The molecule has 0 aliphatic rings. The molecule has 5 nitrogen and oxygen atoms in total. The van der Waals surface area contributed by atoms with Crippen molar-refractivity contribution in [3.8, 4) is 5.75 Å². The van der Waals surface area contributed by atoms with Crippen molar-refractivity contribution in [2.75, 3.05) is 13.2 Å². The van der Waals surface area contributed by atoms with E-state index in [1.807, 2.05) is 0 Å². The minimum atomic E-state index is -0.337. The van der Waals surface area contributed by atoms with Gasteiger partial charge in [-0.25, -0.2) is 0 Å². The van der Waals surface area contributed by atoms with Gasteiger partial charge in [-0.1, -0.05) is 17.7 Å². The van der Waals surface area contributed by atoms with E-state index < -0.39 is 0 Å². The lowest BCUT2D eigenvalue weighted by atomic mass is 10.3. The van der Waals surface area contributed by atoms with Crippen LogP contribution in [0.3, 0.4) is 0 Å². The summed E-state index contributed by atoms with van der Waals surface area (Å²) in [5.74, 6) is -0.120. The Bertz CT molecular complexity index is 462. The highest BCUT2D eigenvalue weighted by molar-refractivity contribution is 6.30. The van der Waals surface area contributed by atoms with Crippen LogP contribution in [0.1, 0.15) is 20.3 Å². The van der Waals surface area contributed by atoms with Gasteiger partial charge in [-0.3, -0.25) is 9.59 Å².